The van der Waals surface area contributed by atoms with Gasteiger partial charge in [-0.05, 0) is 85.7 Å². The first-order chi connectivity index (χ1) is 13.2. The Morgan fingerprint density at radius 3 is 2.57 bits per heavy atom. The first-order valence-corrected chi connectivity index (χ1v) is 11.2. The zero-order valence-corrected chi connectivity index (χ0v) is 17.8. The van der Waals surface area contributed by atoms with Crippen LogP contribution in [0.3, 0.4) is 0 Å². The van der Waals surface area contributed by atoms with Crippen molar-refractivity contribution in [3.05, 3.63) is 11.6 Å². The molecule has 0 aromatic carbocycles. The van der Waals surface area contributed by atoms with Crippen molar-refractivity contribution in [3.63, 3.8) is 0 Å². The summed E-state index contributed by atoms with van der Waals surface area (Å²) in [6.07, 6.45) is 8.45. The van der Waals surface area contributed by atoms with Crippen molar-refractivity contribution in [1.82, 2.24) is 0 Å². The maximum atomic E-state index is 12.3. The molecule has 7 atom stereocenters. The highest BCUT2D eigenvalue weighted by Gasteiger charge is 2.61. The third kappa shape index (κ3) is 2.81. The van der Waals surface area contributed by atoms with Crippen molar-refractivity contribution >= 4 is 17.5 Å². The summed E-state index contributed by atoms with van der Waals surface area (Å²) >= 11 is 0. The highest BCUT2D eigenvalue weighted by Crippen LogP contribution is 2.66. The lowest BCUT2D eigenvalue weighted by atomic mass is 9.46. The number of carbonyl (C=O) groups is 3. The summed E-state index contributed by atoms with van der Waals surface area (Å²) in [5.41, 5.74) is 1.08. The van der Waals surface area contributed by atoms with Crippen LogP contribution in [0.15, 0.2) is 11.6 Å². The topological polar surface area (TPSA) is 60.4 Å². The first-order valence-electron chi connectivity index (χ1n) is 11.2. The lowest BCUT2D eigenvalue weighted by molar-refractivity contribution is -0.155. The van der Waals surface area contributed by atoms with E-state index >= 15 is 0 Å². The van der Waals surface area contributed by atoms with E-state index in [1.807, 2.05) is 6.92 Å². The Morgan fingerprint density at radius 1 is 1.14 bits per heavy atom. The van der Waals surface area contributed by atoms with Crippen molar-refractivity contribution in [2.24, 2.45) is 34.5 Å². The summed E-state index contributed by atoms with van der Waals surface area (Å²) in [6, 6.07) is 0. The van der Waals surface area contributed by atoms with E-state index in [-0.39, 0.29) is 34.6 Å². The number of hydrogen-bond donors (Lipinski definition) is 0. The zero-order valence-electron chi connectivity index (χ0n) is 17.8. The number of rotatable bonds is 3. The minimum absolute atomic E-state index is 0.0643. The van der Waals surface area contributed by atoms with Gasteiger partial charge in [-0.1, -0.05) is 20.8 Å². The van der Waals surface area contributed by atoms with Gasteiger partial charge in [0, 0.05) is 18.8 Å². The fourth-order valence-electron chi connectivity index (χ4n) is 7.60. The van der Waals surface area contributed by atoms with Gasteiger partial charge in [0.05, 0.1) is 0 Å². The second-order valence-electron chi connectivity index (χ2n) is 10.2. The number of carbonyl (C=O) groups excluding carboxylic acids is 3. The van der Waals surface area contributed by atoms with Crippen LogP contribution in [0.1, 0.15) is 79.1 Å². The molecule has 4 aliphatic rings. The van der Waals surface area contributed by atoms with E-state index in [2.05, 4.69) is 13.8 Å². The van der Waals surface area contributed by atoms with Crippen molar-refractivity contribution in [2.75, 3.05) is 0 Å². The number of hydrogen-bond acceptors (Lipinski definition) is 4. The molecule has 3 saturated carbocycles. The van der Waals surface area contributed by atoms with Gasteiger partial charge in [-0.15, -0.1) is 0 Å². The SMILES string of the molecule is CCC(=O)OC1C[C@H]2[C@@H]3CC[C@H](C(C)=O)[C@@]3(C)CC[C@@H]2[C@@]2(C)CCC(=O)C=C12. The third-order valence-electron chi connectivity index (χ3n) is 9.01. The molecular weight excluding hydrogens is 352 g/mol. The first kappa shape index (κ1) is 19.8. The van der Waals surface area contributed by atoms with E-state index in [9.17, 15) is 14.4 Å². The van der Waals surface area contributed by atoms with E-state index in [0.29, 0.717) is 36.4 Å². The number of fused-ring (bicyclic) bond motifs is 5. The minimum atomic E-state index is -0.276. The molecule has 1 unspecified atom stereocenters. The molecule has 4 heteroatoms. The Kier molecular flexibility index (Phi) is 4.83. The fraction of sp³-hybridized carbons (Fsp3) is 0.792. The van der Waals surface area contributed by atoms with Crippen LogP contribution in [0.2, 0.25) is 0 Å². The molecule has 0 N–H and O–H groups in total. The molecule has 0 saturated heterocycles. The summed E-state index contributed by atoms with van der Waals surface area (Å²) in [5, 5.41) is 0. The monoisotopic (exact) mass is 386 g/mol. The van der Waals surface area contributed by atoms with E-state index in [4.69, 9.17) is 4.74 Å². The zero-order chi connectivity index (χ0) is 20.3. The van der Waals surface area contributed by atoms with Gasteiger partial charge in [0.2, 0.25) is 0 Å². The van der Waals surface area contributed by atoms with Gasteiger partial charge in [0.15, 0.2) is 5.78 Å². The summed E-state index contributed by atoms with van der Waals surface area (Å²) in [6.45, 7) is 8.21. The average Bonchev–Trinajstić information content (AvgIpc) is 3.00. The van der Waals surface area contributed by atoms with Crippen molar-refractivity contribution < 1.29 is 19.1 Å². The molecule has 0 aromatic rings. The van der Waals surface area contributed by atoms with E-state index in [1.165, 1.54) is 0 Å². The molecule has 4 nitrogen and oxygen atoms in total. The van der Waals surface area contributed by atoms with Gasteiger partial charge >= 0.3 is 5.97 Å². The van der Waals surface area contributed by atoms with Crippen LogP contribution in [0.5, 0.6) is 0 Å². The Balaban J connectivity index is 1.72. The van der Waals surface area contributed by atoms with Crippen LogP contribution >= 0.6 is 0 Å². The molecular formula is C24H34O4. The fourth-order valence-corrected chi connectivity index (χ4v) is 7.60. The Labute approximate surface area is 168 Å². The molecule has 0 radical (unpaired) electrons. The minimum Gasteiger partial charge on any atom is -0.458 e. The van der Waals surface area contributed by atoms with Crippen molar-refractivity contribution in [1.29, 1.82) is 0 Å². The lowest BCUT2D eigenvalue weighted by Gasteiger charge is -2.59. The van der Waals surface area contributed by atoms with Crippen LogP contribution in [0.4, 0.5) is 0 Å². The second kappa shape index (κ2) is 6.81. The maximum absolute atomic E-state index is 12.3. The summed E-state index contributed by atoms with van der Waals surface area (Å²) in [7, 11) is 0. The molecule has 0 amide bonds. The maximum Gasteiger partial charge on any atom is 0.306 e. The molecule has 28 heavy (non-hydrogen) atoms. The number of ether oxygens (including phenoxy) is 1. The molecule has 154 valence electrons. The normalized spacial score (nSPS) is 44.8. The largest absolute Gasteiger partial charge is 0.458 e. The van der Waals surface area contributed by atoms with Crippen molar-refractivity contribution in [3.8, 4) is 0 Å². The Hall–Kier alpha value is -1.45. The molecule has 0 aliphatic heterocycles. The Bertz CT molecular complexity index is 737. The molecule has 4 rings (SSSR count). The van der Waals surface area contributed by atoms with Gasteiger partial charge in [0.1, 0.15) is 11.9 Å². The highest BCUT2D eigenvalue weighted by atomic mass is 16.5. The molecule has 0 spiro atoms. The molecule has 4 aliphatic carbocycles. The van der Waals surface area contributed by atoms with E-state index in [1.54, 1.807) is 13.0 Å². The number of Topliss-reactive ketones (excluding diaryl/α,β-unsaturated/α-hetero) is 1. The smallest absolute Gasteiger partial charge is 0.306 e. The Morgan fingerprint density at radius 2 is 1.89 bits per heavy atom. The van der Waals surface area contributed by atoms with Gasteiger partial charge in [-0.3, -0.25) is 14.4 Å². The summed E-state index contributed by atoms with van der Waals surface area (Å²) < 4.78 is 5.90. The summed E-state index contributed by atoms with van der Waals surface area (Å²) in [5.74, 6) is 1.99. The standard InChI is InChI=1S/C24H34O4/c1-5-22(27)28-21-13-16-18-7-6-17(14(2)25)23(18,3)11-9-19(16)24(4)10-8-15(26)12-20(21)24/h12,16-19,21H,5-11,13H2,1-4H3/t16-,17+,18-,19-,21?,23+,24+/m0/s1. The lowest BCUT2D eigenvalue weighted by Crippen LogP contribution is -2.54. The van der Waals surface area contributed by atoms with Gasteiger partial charge in [0.25, 0.3) is 0 Å². The third-order valence-corrected chi connectivity index (χ3v) is 9.01. The van der Waals surface area contributed by atoms with Crippen LogP contribution in [0.25, 0.3) is 0 Å². The van der Waals surface area contributed by atoms with Crippen LogP contribution in [0, 0.1) is 34.5 Å². The predicted octanol–water partition coefficient (Wildman–Crippen LogP) is 4.66. The van der Waals surface area contributed by atoms with Crippen LogP contribution in [-0.4, -0.2) is 23.6 Å². The average molecular weight is 387 g/mol. The number of esters is 1. The van der Waals surface area contributed by atoms with Crippen LogP contribution in [-0.2, 0) is 19.1 Å². The van der Waals surface area contributed by atoms with E-state index < -0.39 is 0 Å². The van der Waals surface area contributed by atoms with Gasteiger partial charge in [-0.25, -0.2) is 0 Å². The number of ketones is 2. The molecule has 0 heterocycles. The predicted molar refractivity (Wildman–Crippen MR) is 106 cm³/mol. The van der Waals surface area contributed by atoms with Crippen molar-refractivity contribution in [2.45, 2.75) is 85.2 Å². The highest BCUT2D eigenvalue weighted by molar-refractivity contribution is 5.92. The summed E-state index contributed by atoms with van der Waals surface area (Å²) in [4.78, 5) is 36.7. The molecule has 3 fully saturated rings. The van der Waals surface area contributed by atoms with Gasteiger partial charge in [-0.2, -0.15) is 0 Å². The van der Waals surface area contributed by atoms with E-state index in [0.717, 1.165) is 44.1 Å². The van der Waals surface area contributed by atoms with Crippen LogP contribution < -0.4 is 0 Å². The molecule has 0 aromatic heterocycles. The van der Waals surface area contributed by atoms with Gasteiger partial charge < -0.3 is 4.74 Å². The second-order valence-corrected chi connectivity index (χ2v) is 10.2. The molecule has 0 bridgehead atoms. The quantitative estimate of drug-likeness (QED) is 0.662.